The zero-order valence-corrected chi connectivity index (χ0v) is 11.6. The van der Waals surface area contributed by atoms with E-state index in [4.69, 9.17) is 4.74 Å². The second kappa shape index (κ2) is 4.66. The first-order valence-electron chi connectivity index (χ1n) is 6.13. The normalized spacial score (nSPS) is 18.7. The summed E-state index contributed by atoms with van der Waals surface area (Å²) in [7, 11) is 0. The predicted molar refractivity (Wildman–Crippen MR) is 74.6 cm³/mol. The van der Waals surface area contributed by atoms with Gasteiger partial charge in [-0.25, -0.2) is 4.98 Å². The van der Waals surface area contributed by atoms with E-state index in [1.165, 1.54) is 11.3 Å². The Labute approximate surface area is 115 Å². The van der Waals surface area contributed by atoms with E-state index in [1.807, 2.05) is 36.6 Å². The van der Waals surface area contributed by atoms with Gasteiger partial charge in [-0.15, -0.1) is 11.3 Å². The minimum atomic E-state index is -0.493. The summed E-state index contributed by atoms with van der Waals surface area (Å²) >= 11 is 1.48. The Morgan fingerprint density at radius 3 is 2.95 bits per heavy atom. The van der Waals surface area contributed by atoms with E-state index in [-0.39, 0.29) is 5.91 Å². The van der Waals surface area contributed by atoms with Crippen LogP contribution in [0.25, 0.3) is 0 Å². The van der Waals surface area contributed by atoms with Crippen molar-refractivity contribution in [1.82, 2.24) is 4.98 Å². The number of carbonyl (C=O) groups is 1. The average molecular weight is 274 g/mol. The summed E-state index contributed by atoms with van der Waals surface area (Å²) in [5.41, 5.74) is 1.94. The molecule has 1 aliphatic heterocycles. The predicted octanol–water partition coefficient (Wildman–Crippen LogP) is 2.77. The van der Waals surface area contributed by atoms with E-state index in [1.54, 1.807) is 11.8 Å². The maximum atomic E-state index is 12.4. The monoisotopic (exact) mass is 274 g/mol. The van der Waals surface area contributed by atoms with Gasteiger partial charge >= 0.3 is 0 Å². The molecule has 0 spiro atoms. The SMILES string of the molecule is Cc1csc(N2Cc3ccccc3OC(C)C2=O)n1. The van der Waals surface area contributed by atoms with Crippen LogP contribution in [0, 0.1) is 6.92 Å². The fourth-order valence-corrected chi connectivity index (χ4v) is 2.89. The van der Waals surface area contributed by atoms with E-state index >= 15 is 0 Å². The van der Waals surface area contributed by atoms with Crippen LogP contribution in [0.2, 0.25) is 0 Å². The van der Waals surface area contributed by atoms with Gasteiger partial charge in [-0.3, -0.25) is 9.69 Å². The first kappa shape index (κ1) is 12.2. The Morgan fingerprint density at radius 2 is 2.21 bits per heavy atom. The molecule has 0 bridgehead atoms. The molecule has 1 amide bonds. The highest BCUT2D eigenvalue weighted by Gasteiger charge is 2.30. The van der Waals surface area contributed by atoms with E-state index in [2.05, 4.69) is 4.98 Å². The summed E-state index contributed by atoms with van der Waals surface area (Å²) in [5.74, 6) is 0.727. The van der Waals surface area contributed by atoms with Crippen molar-refractivity contribution in [2.45, 2.75) is 26.5 Å². The summed E-state index contributed by atoms with van der Waals surface area (Å²) in [5, 5.41) is 2.68. The standard InChI is InChI=1S/C14H14N2O2S/c1-9-8-19-14(15-9)16-7-11-5-3-4-6-12(11)18-10(2)13(16)17/h3-6,8,10H,7H2,1-2H3. The number of hydrogen-bond acceptors (Lipinski definition) is 4. The van der Waals surface area contributed by atoms with Crippen molar-refractivity contribution in [1.29, 1.82) is 0 Å². The van der Waals surface area contributed by atoms with Crippen molar-refractivity contribution in [2.24, 2.45) is 0 Å². The minimum absolute atomic E-state index is 0.0504. The van der Waals surface area contributed by atoms with Crippen molar-refractivity contribution in [2.75, 3.05) is 4.90 Å². The zero-order valence-electron chi connectivity index (χ0n) is 10.8. The number of hydrogen-bond donors (Lipinski definition) is 0. The zero-order chi connectivity index (χ0) is 13.4. The summed E-state index contributed by atoms with van der Waals surface area (Å²) in [6, 6.07) is 7.75. The second-order valence-electron chi connectivity index (χ2n) is 4.56. The molecular formula is C14H14N2O2S. The fraction of sp³-hybridized carbons (Fsp3) is 0.286. The summed E-state index contributed by atoms with van der Waals surface area (Å²) in [6.45, 7) is 4.21. The van der Waals surface area contributed by atoms with E-state index in [9.17, 15) is 4.79 Å². The van der Waals surface area contributed by atoms with Gasteiger partial charge in [0.25, 0.3) is 5.91 Å². The van der Waals surface area contributed by atoms with Gasteiger partial charge in [-0.1, -0.05) is 18.2 Å². The average Bonchev–Trinajstić information content (AvgIpc) is 2.78. The van der Waals surface area contributed by atoms with Crippen LogP contribution >= 0.6 is 11.3 Å². The number of fused-ring (bicyclic) bond motifs is 1. The molecule has 0 saturated heterocycles. The highest BCUT2D eigenvalue weighted by Crippen LogP contribution is 2.30. The molecule has 1 unspecified atom stereocenters. The molecule has 0 radical (unpaired) electrons. The molecule has 0 fully saturated rings. The smallest absolute Gasteiger partial charge is 0.269 e. The first-order valence-corrected chi connectivity index (χ1v) is 7.01. The van der Waals surface area contributed by atoms with Gasteiger partial charge < -0.3 is 4.74 Å². The third-order valence-corrected chi connectivity index (χ3v) is 4.04. The molecule has 4 nitrogen and oxygen atoms in total. The molecule has 5 heteroatoms. The van der Waals surface area contributed by atoms with Gasteiger partial charge in [-0.2, -0.15) is 0 Å². The summed E-state index contributed by atoms with van der Waals surface area (Å²) in [4.78, 5) is 18.5. The maximum absolute atomic E-state index is 12.4. The molecule has 0 N–H and O–H groups in total. The van der Waals surface area contributed by atoms with Gasteiger partial charge in [0, 0.05) is 10.9 Å². The second-order valence-corrected chi connectivity index (χ2v) is 5.40. The number of carbonyl (C=O) groups excluding carboxylic acids is 1. The van der Waals surface area contributed by atoms with Crippen molar-refractivity contribution in [3.63, 3.8) is 0 Å². The highest BCUT2D eigenvalue weighted by molar-refractivity contribution is 7.14. The quantitative estimate of drug-likeness (QED) is 0.803. The molecular weight excluding hydrogens is 260 g/mol. The number of aromatic nitrogens is 1. The van der Waals surface area contributed by atoms with Gasteiger partial charge in [0.1, 0.15) is 5.75 Å². The van der Waals surface area contributed by atoms with E-state index in [0.717, 1.165) is 22.1 Å². The number of benzene rings is 1. The van der Waals surface area contributed by atoms with Crippen LogP contribution in [0.15, 0.2) is 29.6 Å². The third-order valence-electron chi connectivity index (χ3n) is 3.06. The number of ether oxygens (including phenoxy) is 1. The fourth-order valence-electron chi connectivity index (χ4n) is 2.09. The Balaban J connectivity index is 2.03. The van der Waals surface area contributed by atoms with E-state index in [0.29, 0.717) is 6.54 Å². The van der Waals surface area contributed by atoms with Crippen LogP contribution in [-0.4, -0.2) is 17.0 Å². The molecule has 1 aromatic carbocycles. The van der Waals surface area contributed by atoms with Gasteiger partial charge in [-0.05, 0) is 19.9 Å². The number of anilines is 1. The lowest BCUT2D eigenvalue weighted by molar-refractivity contribution is -0.124. The largest absolute Gasteiger partial charge is 0.481 e. The molecule has 3 rings (SSSR count). The lowest BCUT2D eigenvalue weighted by Crippen LogP contribution is -2.37. The Morgan fingerprint density at radius 1 is 1.42 bits per heavy atom. The molecule has 2 heterocycles. The lowest BCUT2D eigenvalue weighted by Gasteiger charge is -2.19. The first-order chi connectivity index (χ1) is 9.15. The molecule has 0 aliphatic carbocycles. The van der Waals surface area contributed by atoms with Crippen LogP contribution in [0.3, 0.4) is 0 Å². The van der Waals surface area contributed by atoms with E-state index < -0.39 is 6.10 Å². The molecule has 2 aromatic rings. The van der Waals surface area contributed by atoms with Gasteiger partial charge in [0.15, 0.2) is 11.2 Å². The van der Waals surface area contributed by atoms with Crippen LogP contribution in [0.5, 0.6) is 5.75 Å². The highest BCUT2D eigenvalue weighted by atomic mass is 32.1. The Bertz CT molecular complexity index is 623. The Kier molecular flexibility index (Phi) is 2.98. The molecule has 19 heavy (non-hydrogen) atoms. The number of para-hydroxylation sites is 1. The molecule has 98 valence electrons. The summed E-state index contributed by atoms with van der Waals surface area (Å²) < 4.78 is 5.71. The maximum Gasteiger partial charge on any atom is 0.269 e. The van der Waals surface area contributed by atoms with Crippen molar-refractivity contribution in [3.8, 4) is 5.75 Å². The van der Waals surface area contributed by atoms with Crippen LogP contribution in [0.4, 0.5) is 5.13 Å². The lowest BCUT2D eigenvalue weighted by atomic mass is 10.2. The number of aryl methyl sites for hydroxylation is 1. The number of amides is 1. The Hall–Kier alpha value is -1.88. The number of rotatable bonds is 1. The van der Waals surface area contributed by atoms with Crippen molar-refractivity contribution < 1.29 is 9.53 Å². The van der Waals surface area contributed by atoms with Crippen LogP contribution < -0.4 is 9.64 Å². The third kappa shape index (κ3) is 2.21. The van der Waals surface area contributed by atoms with Crippen molar-refractivity contribution >= 4 is 22.4 Å². The van der Waals surface area contributed by atoms with Crippen LogP contribution in [0.1, 0.15) is 18.2 Å². The molecule has 1 aliphatic rings. The number of nitrogens with zero attached hydrogens (tertiary/aromatic N) is 2. The minimum Gasteiger partial charge on any atom is -0.481 e. The number of thiazole rings is 1. The molecule has 0 saturated carbocycles. The van der Waals surface area contributed by atoms with Crippen molar-refractivity contribution in [3.05, 3.63) is 40.9 Å². The van der Waals surface area contributed by atoms with Gasteiger partial charge in [0.05, 0.1) is 12.2 Å². The van der Waals surface area contributed by atoms with Crippen LogP contribution in [-0.2, 0) is 11.3 Å². The topological polar surface area (TPSA) is 42.4 Å². The van der Waals surface area contributed by atoms with Gasteiger partial charge in [0.2, 0.25) is 0 Å². The molecule has 1 atom stereocenters. The molecule has 1 aromatic heterocycles. The summed E-state index contributed by atoms with van der Waals surface area (Å²) in [6.07, 6.45) is -0.493.